The fraction of sp³-hybridized carbons (Fsp3) is 0.674. The van der Waals surface area contributed by atoms with Crippen LogP contribution in [0.15, 0.2) is 5.10 Å². The lowest BCUT2D eigenvalue weighted by atomic mass is 9.77. The molecule has 1 saturated heterocycles. The van der Waals surface area contributed by atoms with Crippen LogP contribution in [0.2, 0.25) is 0 Å². The van der Waals surface area contributed by atoms with Gasteiger partial charge in [0.1, 0.15) is 23.4 Å². The van der Waals surface area contributed by atoms with Gasteiger partial charge in [0.2, 0.25) is 11.7 Å². The van der Waals surface area contributed by atoms with Crippen molar-refractivity contribution in [3.63, 3.8) is 0 Å². The van der Waals surface area contributed by atoms with Crippen LogP contribution in [0.5, 0.6) is 23.0 Å². The van der Waals surface area contributed by atoms with Crippen molar-refractivity contribution in [3.05, 3.63) is 16.7 Å². The SMILES string of the molecule is CO[C@H]1CCO[C@@]2(C)Oc3c(C)c(O)c4c(O)c(c(/C=N/N5CCN(C)CC5)c(O)c4c3C2=O)NC(=O)C(C)CCC[C@H](C)[C@H](O)[C@@H](C)[C@@H](O)[C@@H](C)[C@H](OC(C)=O)[C@@H]1C. The van der Waals surface area contributed by atoms with Crippen LogP contribution in [-0.2, 0) is 23.8 Å². The van der Waals surface area contributed by atoms with Gasteiger partial charge in [0.05, 0.1) is 53.3 Å². The van der Waals surface area contributed by atoms with Crippen molar-refractivity contribution in [3.8, 4) is 23.0 Å². The number of anilines is 1. The molecule has 1 unspecified atom stereocenters. The van der Waals surface area contributed by atoms with Gasteiger partial charge in [-0.3, -0.25) is 19.4 Å². The first-order chi connectivity index (χ1) is 27.7. The molecule has 4 aliphatic heterocycles. The Morgan fingerprint density at radius 2 is 1.58 bits per heavy atom. The number of carbonyl (C=O) groups excluding carboxylic acids is 3. The lowest BCUT2D eigenvalue weighted by molar-refractivity contribution is -0.164. The second-order valence-electron chi connectivity index (χ2n) is 17.1. The molecule has 0 aromatic heterocycles. The number of esters is 1. The molecule has 5 bridgehead atoms. The molecule has 1 amide bonds. The molecule has 0 spiro atoms. The highest BCUT2D eigenvalue weighted by Gasteiger charge is 2.49. The van der Waals surface area contributed by atoms with Crippen LogP contribution in [-0.4, -0.2) is 136 Å². The molecule has 6 rings (SSSR count). The van der Waals surface area contributed by atoms with Crippen molar-refractivity contribution >= 4 is 40.3 Å². The zero-order valence-corrected chi connectivity index (χ0v) is 36.1. The number of nitrogens with zero attached hydrogens (tertiary/aromatic N) is 3. The number of phenolic OH excluding ortho intramolecular Hbond substituents is 3. The third kappa shape index (κ3) is 9.26. The van der Waals surface area contributed by atoms with Crippen molar-refractivity contribution in [1.82, 2.24) is 9.91 Å². The van der Waals surface area contributed by atoms with Crippen molar-refractivity contribution in [1.29, 1.82) is 0 Å². The second kappa shape index (κ2) is 18.6. The number of rotatable bonds is 4. The van der Waals surface area contributed by atoms with Crippen molar-refractivity contribution in [2.75, 3.05) is 52.3 Å². The van der Waals surface area contributed by atoms with Gasteiger partial charge in [-0.1, -0.05) is 41.0 Å². The quantitative estimate of drug-likeness (QED) is 0.108. The highest BCUT2D eigenvalue weighted by molar-refractivity contribution is 6.23. The van der Waals surface area contributed by atoms with Crippen molar-refractivity contribution < 1.29 is 58.9 Å². The number of hydrogen-bond acceptors (Lipinski definition) is 15. The Morgan fingerprint density at radius 3 is 2.20 bits per heavy atom. The monoisotopic (exact) mass is 828 g/mol. The third-order valence-electron chi connectivity index (χ3n) is 12.9. The van der Waals surface area contributed by atoms with Gasteiger partial charge in [0, 0.05) is 81.8 Å². The maximum atomic E-state index is 14.5. The Bertz CT molecular complexity index is 1920. The number of amides is 1. The van der Waals surface area contributed by atoms with Crippen LogP contribution in [0.1, 0.15) is 95.6 Å². The van der Waals surface area contributed by atoms with E-state index in [9.17, 15) is 39.9 Å². The number of hydrazone groups is 1. The maximum absolute atomic E-state index is 14.5. The van der Waals surface area contributed by atoms with Crippen LogP contribution in [0.4, 0.5) is 5.69 Å². The molecule has 328 valence electrons. The van der Waals surface area contributed by atoms with E-state index in [4.69, 9.17) is 18.9 Å². The summed E-state index contributed by atoms with van der Waals surface area (Å²) in [5.74, 6) is -7.83. The average Bonchev–Trinajstić information content (AvgIpc) is 3.46. The summed E-state index contributed by atoms with van der Waals surface area (Å²) in [7, 11) is 3.50. The van der Waals surface area contributed by atoms with E-state index in [0.717, 1.165) is 13.1 Å². The summed E-state index contributed by atoms with van der Waals surface area (Å²) in [5, 5.41) is 67.4. The number of carbonyl (C=O) groups is 3. The fourth-order valence-corrected chi connectivity index (χ4v) is 8.77. The number of ether oxygens (including phenoxy) is 4. The molecule has 1 fully saturated rings. The number of ketones is 1. The number of piperazine rings is 1. The number of hydrogen-bond donors (Lipinski definition) is 6. The predicted octanol–water partition coefficient (Wildman–Crippen LogP) is 4.52. The molecule has 6 N–H and O–H groups in total. The number of fused-ring (bicyclic) bond motifs is 17. The number of aliphatic hydroxyl groups excluding tert-OH is 2. The number of methoxy groups -OCH3 is 1. The summed E-state index contributed by atoms with van der Waals surface area (Å²) in [6.07, 6.45) is -0.413. The van der Waals surface area contributed by atoms with Gasteiger partial charge in [-0.25, -0.2) is 0 Å². The molecular formula is C43H64N4O12. The molecule has 0 saturated carbocycles. The number of phenols is 3. The average molecular weight is 829 g/mol. The highest BCUT2D eigenvalue weighted by Crippen LogP contribution is 2.55. The van der Waals surface area contributed by atoms with Crippen LogP contribution >= 0.6 is 0 Å². The number of benzene rings is 2. The van der Waals surface area contributed by atoms with E-state index in [-0.39, 0.29) is 57.8 Å². The summed E-state index contributed by atoms with van der Waals surface area (Å²) in [6.45, 7) is 15.7. The largest absolute Gasteiger partial charge is 0.507 e. The van der Waals surface area contributed by atoms with Gasteiger partial charge in [-0.05, 0) is 39.2 Å². The van der Waals surface area contributed by atoms with Crippen LogP contribution in [0.25, 0.3) is 10.8 Å². The Morgan fingerprint density at radius 1 is 0.915 bits per heavy atom. The molecule has 2 aromatic carbocycles. The fourth-order valence-electron chi connectivity index (χ4n) is 8.77. The van der Waals surface area contributed by atoms with Gasteiger partial charge in [-0.2, -0.15) is 5.10 Å². The molecule has 10 atom stereocenters. The number of aliphatic hydroxyl groups is 2. The van der Waals surface area contributed by atoms with E-state index < -0.39 is 88.8 Å². The van der Waals surface area contributed by atoms with E-state index in [2.05, 4.69) is 15.3 Å². The highest BCUT2D eigenvalue weighted by atomic mass is 16.7. The molecule has 16 heteroatoms. The number of aromatic hydroxyl groups is 3. The summed E-state index contributed by atoms with van der Waals surface area (Å²) >= 11 is 0. The van der Waals surface area contributed by atoms with Gasteiger partial charge < -0.3 is 54.7 Å². The van der Waals surface area contributed by atoms with Crippen LogP contribution in [0.3, 0.4) is 0 Å². The van der Waals surface area contributed by atoms with E-state index >= 15 is 0 Å². The normalized spacial score (nSPS) is 32.1. The second-order valence-corrected chi connectivity index (χ2v) is 17.1. The Kier molecular flexibility index (Phi) is 14.4. The Labute approximate surface area is 346 Å². The van der Waals surface area contributed by atoms with Crippen molar-refractivity contribution in [2.45, 2.75) is 111 Å². The van der Waals surface area contributed by atoms with Crippen LogP contribution in [0, 0.1) is 36.5 Å². The molecule has 16 nitrogen and oxygen atoms in total. The van der Waals surface area contributed by atoms with Gasteiger partial charge >= 0.3 is 5.97 Å². The smallest absolute Gasteiger partial charge is 0.302 e. The minimum Gasteiger partial charge on any atom is -0.507 e. The van der Waals surface area contributed by atoms with E-state index in [0.29, 0.717) is 32.4 Å². The number of nitrogens with one attached hydrogen (secondary N) is 1. The lowest BCUT2D eigenvalue weighted by Gasteiger charge is -2.39. The first-order valence-corrected chi connectivity index (χ1v) is 20.7. The van der Waals surface area contributed by atoms with Gasteiger partial charge in [0.25, 0.3) is 5.79 Å². The van der Waals surface area contributed by atoms with Crippen LogP contribution < -0.4 is 10.1 Å². The van der Waals surface area contributed by atoms with E-state index in [1.165, 1.54) is 34.1 Å². The van der Waals surface area contributed by atoms with Crippen molar-refractivity contribution in [2.24, 2.45) is 34.7 Å². The number of likely N-dealkylation sites (N-methyl/N-ethyl adjacent to an activating group) is 1. The standard InChI is InChI=1S/C43H64N4O12/c1-21-12-11-13-22(2)42(55)45-33-28(20-44-47-17-15-46(9)16-18-47)37(52)30-31(38(33)53)36(51)26(6)40-32(30)41(54)43(8,59-40)57-19-14-29(56-10)23(3)39(58-27(7)48)25(5)35(50)24(4)34(21)49/h20-25,29,34-35,39,49-53H,11-19H2,1-10H3,(H,45,55)/b44-20+/t21-,22?,23+,24+,25+,29-,34-,35+,39+,43-/m0/s1. The number of Topliss-reactive ketones (excluding diaryl/α,β-unsaturated/α-hetero) is 1. The molecule has 59 heavy (non-hydrogen) atoms. The van der Waals surface area contributed by atoms with Gasteiger partial charge in [0.15, 0.2) is 5.75 Å². The summed E-state index contributed by atoms with van der Waals surface area (Å²) in [6, 6.07) is 0. The molecule has 2 aromatic rings. The predicted molar refractivity (Wildman–Crippen MR) is 221 cm³/mol. The summed E-state index contributed by atoms with van der Waals surface area (Å²) < 4.78 is 24.0. The molecule has 4 heterocycles. The molecule has 0 aliphatic carbocycles. The van der Waals surface area contributed by atoms with E-state index in [1.54, 1.807) is 25.8 Å². The zero-order valence-electron chi connectivity index (χ0n) is 36.1. The minimum absolute atomic E-state index is 0.0463. The Hall–Kier alpha value is -4.22. The molecule has 0 radical (unpaired) electrons. The summed E-state index contributed by atoms with van der Waals surface area (Å²) in [4.78, 5) is 42.8. The first kappa shape index (κ1) is 45.9. The topological polar surface area (TPSA) is 220 Å². The maximum Gasteiger partial charge on any atom is 0.302 e. The van der Waals surface area contributed by atoms with Gasteiger partial charge in [-0.15, -0.1) is 0 Å². The zero-order chi connectivity index (χ0) is 43.7. The minimum atomic E-state index is -1.94. The Balaban J connectivity index is 1.62. The summed E-state index contributed by atoms with van der Waals surface area (Å²) in [5.41, 5.74) is -0.287. The molecular weight excluding hydrogens is 764 g/mol. The first-order valence-electron chi connectivity index (χ1n) is 20.7. The van der Waals surface area contributed by atoms with E-state index in [1.807, 2.05) is 20.9 Å². The lowest BCUT2D eigenvalue weighted by Crippen LogP contribution is -2.47. The molecule has 4 aliphatic rings. The third-order valence-corrected chi connectivity index (χ3v) is 12.9.